The number of allylic oxidation sites excluding steroid dienone is 1. The standard InChI is InChI=1S/C18H18/c1-14(15-8-5-9-15)16-10-12-18(13-11-16)17-6-3-2-4-7-17/h2-4,6-7,10-13,15H,1,5,8-9H2. The summed E-state index contributed by atoms with van der Waals surface area (Å²) in [5.41, 5.74) is 5.18. The summed E-state index contributed by atoms with van der Waals surface area (Å²) in [6.07, 6.45) is 4.00. The fourth-order valence-corrected chi connectivity index (χ4v) is 2.50. The highest BCUT2D eigenvalue weighted by atomic mass is 14.3. The fourth-order valence-electron chi connectivity index (χ4n) is 2.50. The average Bonchev–Trinajstić information content (AvgIpc) is 2.38. The number of hydrogen-bond acceptors (Lipinski definition) is 0. The van der Waals surface area contributed by atoms with Gasteiger partial charge in [-0.05, 0) is 41.0 Å². The van der Waals surface area contributed by atoms with Crippen LogP contribution in [0.25, 0.3) is 16.7 Å². The highest BCUT2D eigenvalue weighted by molar-refractivity contribution is 5.70. The van der Waals surface area contributed by atoms with Crippen molar-refractivity contribution in [2.75, 3.05) is 0 Å². The lowest BCUT2D eigenvalue weighted by Crippen LogP contribution is -2.12. The van der Waals surface area contributed by atoms with E-state index in [2.05, 4.69) is 61.2 Å². The molecule has 0 spiro atoms. The Bertz CT molecular complexity index is 530. The van der Waals surface area contributed by atoms with Crippen LogP contribution in [-0.4, -0.2) is 0 Å². The van der Waals surface area contributed by atoms with E-state index in [9.17, 15) is 0 Å². The van der Waals surface area contributed by atoms with Crippen LogP contribution in [0.15, 0.2) is 61.2 Å². The number of rotatable bonds is 3. The summed E-state index contributed by atoms with van der Waals surface area (Å²) < 4.78 is 0. The molecule has 0 saturated heterocycles. The molecule has 0 radical (unpaired) electrons. The van der Waals surface area contributed by atoms with E-state index in [1.165, 1.54) is 41.5 Å². The average molecular weight is 234 g/mol. The molecule has 0 N–H and O–H groups in total. The van der Waals surface area contributed by atoms with Crippen molar-refractivity contribution in [3.8, 4) is 11.1 Å². The molecule has 0 heteroatoms. The van der Waals surface area contributed by atoms with Crippen LogP contribution in [0, 0.1) is 5.92 Å². The molecule has 90 valence electrons. The van der Waals surface area contributed by atoms with Crippen molar-refractivity contribution in [3.05, 3.63) is 66.7 Å². The third-order valence-corrected chi connectivity index (χ3v) is 3.96. The van der Waals surface area contributed by atoms with Crippen molar-refractivity contribution in [1.82, 2.24) is 0 Å². The van der Waals surface area contributed by atoms with Gasteiger partial charge in [0.1, 0.15) is 0 Å². The van der Waals surface area contributed by atoms with Gasteiger partial charge in [0.05, 0.1) is 0 Å². The minimum absolute atomic E-state index is 0.729. The lowest BCUT2D eigenvalue weighted by atomic mass is 9.78. The lowest BCUT2D eigenvalue weighted by molar-refractivity contribution is 0.401. The molecule has 0 nitrogen and oxygen atoms in total. The summed E-state index contributed by atoms with van der Waals surface area (Å²) in [4.78, 5) is 0. The van der Waals surface area contributed by atoms with Gasteiger partial charge in [-0.2, -0.15) is 0 Å². The zero-order chi connectivity index (χ0) is 12.4. The molecule has 1 aliphatic carbocycles. The zero-order valence-corrected chi connectivity index (χ0v) is 10.6. The molecule has 0 atom stereocenters. The van der Waals surface area contributed by atoms with Crippen LogP contribution in [0.2, 0.25) is 0 Å². The molecule has 3 rings (SSSR count). The van der Waals surface area contributed by atoms with Gasteiger partial charge in [0, 0.05) is 0 Å². The van der Waals surface area contributed by atoms with E-state index in [0.717, 1.165) is 5.92 Å². The van der Waals surface area contributed by atoms with Crippen LogP contribution in [0.4, 0.5) is 0 Å². The molecule has 0 bridgehead atoms. The Labute approximate surface area is 109 Å². The fraction of sp³-hybridized carbons (Fsp3) is 0.222. The van der Waals surface area contributed by atoms with Crippen LogP contribution in [0.1, 0.15) is 24.8 Å². The monoisotopic (exact) mass is 234 g/mol. The molecule has 1 aliphatic rings. The molecular weight excluding hydrogens is 216 g/mol. The third-order valence-electron chi connectivity index (χ3n) is 3.96. The van der Waals surface area contributed by atoms with Crippen LogP contribution in [0.5, 0.6) is 0 Å². The highest BCUT2D eigenvalue weighted by Crippen LogP contribution is 2.37. The summed E-state index contributed by atoms with van der Waals surface area (Å²) in [7, 11) is 0. The first kappa shape index (κ1) is 11.3. The van der Waals surface area contributed by atoms with Crippen LogP contribution < -0.4 is 0 Å². The van der Waals surface area contributed by atoms with Gasteiger partial charge >= 0.3 is 0 Å². The van der Waals surface area contributed by atoms with Gasteiger partial charge in [0.25, 0.3) is 0 Å². The summed E-state index contributed by atoms with van der Waals surface area (Å²) >= 11 is 0. The van der Waals surface area contributed by atoms with Gasteiger partial charge in [-0.3, -0.25) is 0 Å². The van der Waals surface area contributed by atoms with Crippen molar-refractivity contribution in [2.24, 2.45) is 5.92 Å². The van der Waals surface area contributed by atoms with E-state index in [0.29, 0.717) is 0 Å². The Morgan fingerprint density at radius 1 is 0.833 bits per heavy atom. The van der Waals surface area contributed by atoms with E-state index in [1.54, 1.807) is 0 Å². The first-order chi connectivity index (χ1) is 8.84. The smallest absolute Gasteiger partial charge is 0.0162 e. The van der Waals surface area contributed by atoms with E-state index in [-0.39, 0.29) is 0 Å². The SMILES string of the molecule is C=C(c1ccc(-c2ccccc2)cc1)C1CCC1. The van der Waals surface area contributed by atoms with Gasteiger partial charge < -0.3 is 0 Å². The topological polar surface area (TPSA) is 0 Å². The normalized spacial score (nSPS) is 15.1. The quantitative estimate of drug-likeness (QED) is 0.687. The minimum Gasteiger partial charge on any atom is -0.0950 e. The van der Waals surface area contributed by atoms with Gasteiger partial charge in [-0.1, -0.05) is 67.6 Å². The summed E-state index contributed by atoms with van der Waals surface area (Å²) in [6, 6.07) is 19.3. The first-order valence-corrected chi connectivity index (χ1v) is 6.69. The van der Waals surface area contributed by atoms with E-state index in [4.69, 9.17) is 0 Å². The molecule has 0 aromatic heterocycles. The molecule has 0 aliphatic heterocycles. The molecule has 1 fully saturated rings. The van der Waals surface area contributed by atoms with Crippen LogP contribution in [-0.2, 0) is 0 Å². The molecule has 2 aromatic rings. The van der Waals surface area contributed by atoms with E-state index in [1.807, 2.05) is 0 Å². The van der Waals surface area contributed by atoms with Gasteiger partial charge in [-0.15, -0.1) is 0 Å². The second kappa shape index (κ2) is 4.81. The number of benzene rings is 2. The van der Waals surface area contributed by atoms with Gasteiger partial charge in [-0.25, -0.2) is 0 Å². The summed E-state index contributed by atoms with van der Waals surface area (Å²) in [5, 5.41) is 0. The summed E-state index contributed by atoms with van der Waals surface area (Å²) in [6.45, 7) is 4.25. The van der Waals surface area contributed by atoms with E-state index >= 15 is 0 Å². The minimum atomic E-state index is 0.729. The molecular formula is C18H18. The predicted molar refractivity (Wildman–Crippen MR) is 78.3 cm³/mol. The Morgan fingerprint density at radius 2 is 1.44 bits per heavy atom. The van der Waals surface area contributed by atoms with Crippen molar-refractivity contribution in [2.45, 2.75) is 19.3 Å². The highest BCUT2D eigenvalue weighted by Gasteiger charge is 2.21. The van der Waals surface area contributed by atoms with Gasteiger partial charge in [0.15, 0.2) is 0 Å². The Kier molecular flexibility index (Phi) is 3.02. The first-order valence-electron chi connectivity index (χ1n) is 6.69. The van der Waals surface area contributed by atoms with Crippen molar-refractivity contribution in [1.29, 1.82) is 0 Å². The molecule has 1 saturated carbocycles. The Hall–Kier alpha value is -1.82. The van der Waals surface area contributed by atoms with Gasteiger partial charge in [0.2, 0.25) is 0 Å². The van der Waals surface area contributed by atoms with Crippen molar-refractivity contribution in [3.63, 3.8) is 0 Å². The molecule has 2 aromatic carbocycles. The second-order valence-electron chi connectivity index (χ2n) is 5.10. The van der Waals surface area contributed by atoms with E-state index < -0.39 is 0 Å². The van der Waals surface area contributed by atoms with Crippen LogP contribution in [0.3, 0.4) is 0 Å². The van der Waals surface area contributed by atoms with Crippen molar-refractivity contribution >= 4 is 5.57 Å². The third kappa shape index (κ3) is 2.11. The van der Waals surface area contributed by atoms with Crippen molar-refractivity contribution < 1.29 is 0 Å². The molecule has 0 amide bonds. The summed E-state index contributed by atoms with van der Waals surface area (Å²) in [5.74, 6) is 0.729. The zero-order valence-electron chi connectivity index (χ0n) is 10.6. The Morgan fingerprint density at radius 3 is 2.00 bits per heavy atom. The molecule has 0 unspecified atom stereocenters. The molecule has 0 heterocycles. The van der Waals surface area contributed by atoms with Crippen LogP contribution >= 0.6 is 0 Å². The largest absolute Gasteiger partial charge is 0.0950 e. The maximum absolute atomic E-state index is 4.25. The second-order valence-corrected chi connectivity index (χ2v) is 5.10. The predicted octanol–water partition coefficient (Wildman–Crippen LogP) is 5.17. The Balaban J connectivity index is 1.83. The lowest BCUT2D eigenvalue weighted by Gasteiger charge is -2.27. The maximum Gasteiger partial charge on any atom is -0.0162 e. The molecule has 18 heavy (non-hydrogen) atoms. The number of hydrogen-bond donors (Lipinski definition) is 0. The maximum atomic E-state index is 4.25.